The molecule has 31 heavy (non-hydrogen) atoms. The molecule has 0 aliphatic rings. The molecule has 0 aromatic heterocycles. The molecule has 174 valence electrons. The van der Waals surface area contributed by atoms with Crippen molar-refractivity contribution in [3.63, 3.8) is 0 Å². The molecule has 1 aromatic carbocycles. The molecule has 0 aliphatic carbocycles. The molecule has 1 aromatic rings. The Balaban J connectivity index is 2.36. The molecular weight excluding hydrogens is 396 g/mol. The molecule has 6 heteroatoms. The molecule has 0 spiro atoms. The van der Waals surface area contributed by atoms with Crippen molar-refractivity contribution in [2.45, 2.75) is 77.6 Å². The molecular formula is C25H38O6. The van der Waals surface area contributed by atoms with E-state index in [2.05, 4.69) is 28.5 Å². The quantitative estimate of drug-likeness (QED) is 0.199. The summed E-state index contributed by atoms with van der Waals surface area (Å²) in [4.78, 5) is 21.3. The highest BCUT2D eigenvalue weighted by atomic mass is 16.7. The summed E-state index contributed by atoms with van der Waals surface area (Å²) in [6, 6.07) is 7.93. The highest BCUT2D eigenvalue weighted by Gasteiger charge is 2.15. The average Bonchev–Trinajstić information content (AvgIpc) is 2.74. The Morgan fingerprint density at radius 1 is 0.903 bits per heavy atom. The lowest BCUT2D eigenvalue weighted by molar-refractivity contribution is 0.0437. The Morgan fingerprint density at radius 3 is 2.06 bits per heavy atom. The maximum Gasteiger partial charge on any atom is 0.505 e. The Bertz CT molecular complexity index is 637. The molecule has 2 N–H and O–H groups in total. The summed E-state index contributed by atoms with van der Waals surface area (Å²) in [5, 5.41) is 17.4. The fraction of sp³-hybridized carbons (Fsp3) is 0.600. The molecule has 0 saturated carbocycles. The summed E-state index contributed by atoms with van der Waals surface area (Å²) < 4.78 is 9.23. The predicted octanol–water partition coefficient (Wildman–Crippen LogP) is 7.17. The average molecular weight is 435 g/mol. The number of benzene rings is 1. The summed E-state index contributed by atoms with van der Waals surface area (Å²) in [5.74, 6) is -0.367. The second kappa shape index (κ2) is 17.2. The zero-order valence-corrected chi connectivity index (χ0v) is 18.8. The van der Waals surface area contributed by atoms with Crippen molar-refractivity contribution in [3.05, 3.63) is 41.5 Å². The van der Waals surface area contributed by atoms with Gasteiger partial charge in [0.15, 0.2) is 0 Å². The number of rotatable bonds is 17. The minimum atomic E-state index is -1.38. The van der Waals surface area contributed by atoms with Gasteiger partial charge in [0.25, 0.3) is 0 Å². The SMILES string of the molecule is CCCCCCCCCCC/C=C\c1cccc(CC(COC(=O)O)COC(=O)O)c1. The van der Waals surface area contributed by atoms with E-state index < -0.39 is 12.3 Å². The van der Waals surface area contributed by atoms with Gasteiger partial charge >= 0.3 is 12.3 Å². The number of hydrogen-bond acceptors (Lipinski definition) is 4. The fourth-order valence-corrected chi connectivity index (χ4v) is 3.49. The maximum absolute atomic E-state index is 10.6. The zero-order chi connectivity index (χ0) is 22.7. The molecule has 0 saturated heterocycles. The normalized spacial score (nSPS) is 11.2. The summed E-state index contributed by atoms with van der Waals surface area (Å²) in [7, 11) is 0. The summed E-state index contributed by atoms with van der Waals surface area (Å²) in [5.41, 5.74) is 2.06. The van der Waals surface area contributed by atoms with Crippen LogP contribution < -0.4 is 0 Å². The lowest BCUT2D eigenvalue weighted by Gasteiger charge is -2.15. The van der Waals surface area contributed by atoms with Crippen molar-refractivity contribution in [3.8, 4) is 0 Å². The smallest absolute Gasteiger partial charge is 0.450 e. The number of ether oxygens (including phenoxy) is 2. The van der Waals surface area contributed by atoms with Crippen LogP contribution >= 0.6 is 0 Å². The van der Waals surface area contributed by atoms with Crippen molar-refractivity contribution in [1.82, 2.24) is 0 Å². The van der Waals surface area contributed by atoms with Gasteiger partial charge in [-0.1, -0.05) is 94.7 Å². The predicted molar refractivity (Wildman–Crippen MR) is 122 cm³/mol. The van der Waals surface area contributed by atoms with Crippen LogP contribution in [0.3, 0.4) is 0 Å². The number of hydrogen-bond donors (Lipinski definition) is 2. The number of carboxylic acid groups (broad SMARTS) is 2. The topological polar surface area (TPSA) is 93.1 Å². The van der Waals surface area contributed by atoms with Gasteiger partial charge in [-0.15, -0.1) is 0 Å². The molecule has 0 unspecified atom stereocenters. The standard InChI is InChI=1S/C25H38O6/c1-2-3-4-5-6-7-8-9-10-11-12-14-21-15-13-16-22(17-21)18-23(19-30-24(26)27)20-31-25(28)29/h12-17,23H,2-11,18-20H2,1H3,(H,26,27)(H,28,29)/b14-12-. The van der Waals surface area contributed by atoms with Gasteiger partial charge in [-0.2, -0.15) is 0 Å². The third-order valence-corrected chi connectivity index (χ3v) is 5.15. The first-order valence-corrected chi connectivity index (χ1v) is 11.5. The number of unbranched alkanes of at least 4 members (excludes halogenated alkanes) is 9. The first-order valence-electron chi connectivity index (χ1n) is 11.5. The van der Waals surface area contributed by atoms with Gasteiger partial charge in [0.05, 0.1) is 0 Å². The van der Waals surface area contributed by atoms with Crippen LogP contribution in [0, 0.1) is 5.92 Å². The summed E-state index contributed by atoms with van der Waals surface area (Å²) >= 11 is 0. The third kappa shape index (κ3) is 15.0. The number of allylic oxidation sites excluding steroid dienone is 1. The summed E-state index contributed by atoms with van der Waals surface area (Å²) in [6.45, 7) is 2.03. The van der Waals surface area contributed by atoms with E-state index in [4.69, 9.17) is 10.2 Å². The molecule has 0 aliphatic heterocycles. The molecule has 0 fully saturated rings. The van der Waals surface area contributed by atoms with Crippen LogP contribution in [-0.4, -0.2) is 35.7 Å². The van der Waals surface area contributed by atoms with Crippen molar-refractivity contribution >= 4 is 18.4 Å². The van der Waals surface area contributed by atoms with Crippen molar-refractivity contribution in [1.29, 1.82) is 0 Å². The van der Waals surface area contributed by atoms with E-state index in [-0.39, 0.29) is 19.1 Å². The Labute approximate surface area is 186 Å². The van der Waals surface area contributed by atoms with Crippen molar-refractivity contribution < 1.29 is 29.3 Å². The zero-order valence-electron chi connectivity index (χ0n) is 18.8. The monoisotopic (exact) mass is 434 g/mol. The van der Waals surface area contributed by atoms with Gasteiger partial charge < -0.3 is 19.7 Å². The lowest BCUT2D eigenvalue weighted by atomic mass is 9.99. The van der Waals surface area contributed by atoms with Gasteiger partial charge in [-0.25, -0.2) is 9.59 Å². The van der Waals surface area contributed by atoms with E-state index in [1.54, 1.807) is 0 Å². The van der Waals surface area contributed by atoms with Crippen LogP contribution in [-0.2, 0) is 15.9 Å². The van der Waals surface area contributed by atoms with E-state index >= 15 is 0 Å². The van der Waals surface area contributed by atoms with E-state index in [0.29, 0.717) is 6.42 Å². The second-order valence-electron chi connectivity index (χ2n) is 7.99. The molecule has 0 radical (unpaired) electrons. The van der Waals surface area contributed by atoms with E-state index in [0.717, 1.165) is 17.5 Å². The van der Waals surface area contributed by atoms with Crippen LogP contribution in [0.4, 0.5) is 9.59 Å². The molecule has 1 rings (SSSR count). The molecule has 0 amide bonds. The Hall–Kier alpha value is -2.50. The molecule has 0 atom stereocenters. The maximum atomic E-state index is 10.6. The van der Waals surface area contributed by atoms with Crippen molar-refractivity contribution in [2.24, 2.45) is 5.92 Å². The Morgan fingerprint density at radius 2 is 1.48 bits per heavy atom. The van der Waals surface area contributed by atoms with Gasteiger partial charge in [-0.3, -0.25) is 0 Å². The highest BCUT2D eigenvalue weighted by Crippen LogP contribution is 2.15. The van der Waals surface area contributed by atoms with Gasteiger partial charge in [-0.05, 0) is 30.4 Å². The minimum absolute atomic E-state index is 0.110. The molecule has 0 heterocycles. The van der Waals surface area contributed by atoms with Crippen LogP contribution in [0.25, 0.3) is 6.08 Å². The van der Waals surface area contributed by atoms with Crippen LogP contribution in [0.1, 0.15) is 82.3 Å². The lowest BCUT2D eigenvalue weighted by Crippen LogP contribution is -2.22. The molecule has 6 nitrogen and oxygen atoms in total. The molecule has 0 bridgehead atoms. The number of carbonyl (C=O) groups is 2. The van der Waals surface area contributed by atoms with Crippen LogP contribution in [0.15, 0.2) is 30.3 Å². The summed E-state index contributed by atoms with van der Waals surface area (Å²) in [6.07, 6.45) is 15.0. The van der Waals surface area contributed by atoms with E-state index in [1.807, 2.05) is 24.3 Å². The van der Waals surface area contributed by atoms with Crippen molar-refractivity contribution in [2.75, 3.05) is 13.2 Å². The van der Waals surface area contributed by atoms with Gasteiger partial charge in [0, 0.05) is 5.92 Å². The first-order chi connectivity index (χ1) is 15.0. The first kappa shape index (κ1) is 26.5. The Kier molecular flexibility index (Phi) is 14.7. The van der Waals surface area contributed by atoms with Crippen LogP contribution in [0.5, 0.6) is 0 Å². The minimum Gasteiger partial charge on any atom is -0.450 e. The van der Waals surface area contributed by atoms with Gasteiger partial charge in [0.2, 0.25) is 0 Å². The van der Waals surface area contributed by atoms with Crippen LogP contribution in [0.2, 0.25) is 0 Å². The van der Waals surface area contributed by atoms with E-state index in [9.17, 15) is 9.59 Å². The van der Waals surface area contributed by atoms with E-state index in [1.165, 1.54) is 57.8 Å². The largest absolute Gasteiger partial charge is 0.505 e. The third-order valence-electron chi connectivity index (χ3n) is 5.15. The highest BCUT2D eigenvalue weighted by molar-refractivity contribution is 5.57. The fourth-order valence-electron chi connectivity index (χ4n) is 3.49. The van der Waals surface area contributed by atoms with Gasteiger partial charge in [0.1, 0.15) is 13.2 Å². The second-order valence-corrected chi connectivity index (χ2v) is 7.99.